The van der Waals surface area contributed by atoms with Gasteiger partial charge in [-0.1, -0.05) is 18.2 Å². The molecule has 1 unspecified atom stereocenters. The predicted molar refractivity (Wildman–Crippen MR) is 118 cm³/mol. The van der Waals surface area contributed by atoms with Gasteiger partial charge in [0.05, 0.1) is 6.54 Å². The highest BCUT2D eigenvalue weighted by atomic mass is 32.2. The summed E-state index contributed by atoms with van der Waals surface area (Å²) < 4.78 is 3.60. The number of fused-ring (bicyclic) bond motifs is 1. The van der Waals surface area contributed by atoms with Gasteiger partial charge in [-0.2, -0.15) is 0 Å². The lowest BCUT2D eigenvalue weighted by atomic mass is 10.1. The van der Waals surface area contributed by atoms with Crippen LogP contribution in [0.3, 0.4) is 0 Å². The molecule has 0 radical (unpaired) electrons. The Hall–Kier alpha value is -2.42. The zero-order valence-electron chi connectivity index (χ0n) is 15.6. The van der Waals surface area contributed by atoms with E-state index < -0.39 is 0 Å². The summed E-state index contributed by atoms with van der Waals surface area (Å²) in [5, 5.41) is 2.94. The Labute approximate surface area is 173 Å². The van der Waals surface area contributed by atoms with Crippen molar-refractivity contribution in [3.63, 3.8) is 0 Å². The molecule has 4 rings (SSSR count). The minimum Gasteiger partial charge on any atom is -0.398 e. The van der Waals surface area contributed by atoms with Crippen LogP contribution in [0.5, 0.6) is 0 Å². The topological polar surface area (TPSA) is 78.9 Å². The largest absolute Gasteiger partial charge is 0.398 e. The quantitative estimate of drug-likeness (QED) is 0.565. The Morgan fingerprint density at radius 3 is 3.00 bits per heavy atom. The van der Waals surface area contributed by atoms with Gasteiger partial charge in [-0.05, 0) is 30.2 Å². The van der Waals surface area contributed by atoms with Crippen LogP contribution in [0.2, 0.25) is 0 Å². The van der Waals surface area contributed by atoms with Gasteiger partial charge >= 0.3 is 0 Å². The van der Waals surface area contributed by atoms with Crippen LogP contribution in [0.1, 0.15) is 11.4 Å². The monoisotopic (exact) mass is 410 g/mol. The van der Waals surface area contributed by atoms with Crippen molar-refractivity contribution in [2.24, 2.45) is 15.7 Å². The van der Waals surface area contributed by atoms with Gasteiger partial charge in [-0.15, -0.1) is 11.3 Å². The molecule has 28 heavy (non-hydrogen) atoms. The molecule has 2 aliphatic heterocycles. The molecule has 2 aliphatic rings. The molecule has 0 spiro atoms. The number of aromatic nitrogens is 1. The maximum Gasteiger partial charge on any atom is 0.165 e. The fourth-order valence-corrected chi connectivity index (χ4v) is 4.73. The molecule has 3 heterocycles. The molecule has 1 saturated heterocycles. The second kappa shape index (κ2) is 8.72. The summed E-state index contributed by atoms with van der Waals surface area (Å²) in [6.45, 7) is 1.41. The fourth-order valence-electron chi connectivity index (χ4n) is 3.32. The van der Waals surface area contributed by atoms with Crippen molar-refractivity contribution in [3.8, 4) is 0 Å². The van der Waals surface area contributed by atoms with Crippen LogP contribution < -0.4 is 10.5 Å². The summed E-state index contributed by atoms with van der Waals surface area (Å²) in [6.07, 6.45) is 6.30. The Bertz CT molecular complexity index is 931. The minimum absolute atomic E-state index is 0.297. The molecule has 0 amide bonds. The van der Waals surface area contributed by atoms with Crippen molar-refractivity contribution in [2.75, 3.05) is 20.1 Å². The number of nitrogens with zero attached hydrogens (tertiary/aromatic N) is 4. The van der Waals surface area contributed by atoms with Gasteiger partial charge in [-0.25, -0.2) is 4.98 Å². The first-order valence-corrected chi connectivity index (χ1v) is 10.8. The third-order valence-corrected chi connectivity index (χ3v) is 6.35. The van der Waals surface area contributed by atoms with Crippen LogP contribution in [-0.4, -0.2) is 48.1 Å². The number of amidine groups is 1. The molecule has 1 fully saturated rings. The number of nitrogens with two attached hydrogens (primary N) is 1. The number of aliphatic imine (C=N–C) groups is 2. The van der Waals surface area contributed by atoms with E-state index in [9.17, 15) is 0 Å². The van der Waals surface area contributed by atoms with E-state index in [0.29, 0.717) is 12.6 Å². The fraction of sp³-hybridized carbons (Fsp3) is 0.250. The molecule has 2 aromatic rings. The van der Waals surface area contributed by atoms with Crippen molar-refractivity contribution in [1.29, 1.82) is 0 Å². The van der Waals surface area contributed by atoms with E-state index in [4.69, 9.17) is 10.7 Å². The maximum atomic E-state index is 6.34. The molecule has 1 aromatic carbocycles. The van der Waals surface area contributed by atoms with Gasteiger partial charge in [0, 0.05) is 65.7 Å². The van der Waals surface area contributed by atoms with Gasteiger partial charge in [-0.3, -0.25) is 14.7 Å². The Morgan fingerprint density at radius 1 is 1.39 bits per heavy atom. The highest BCUT2D eigenvalue weighted by Crippen LogP contribution is 2.33. The third kappa shape index (κ3) is 4.04. The number of nitrogens with one attached hydrogen (secondary N) is 1. The first-order chi connectivity index (χ1) is 13.8. The summed E-state index contributed by atoms with van der Waals surface area (Å²) in [7, 11) is 1.74. The Kier molecular flexibility index (Phi) is 5.90. The van der Waals surface area contributed by atoms with E-state index in [0.717, 1.165) is 35.1 Å². The number of rotatable bonds is 6. The first-order valence-electron chi connectivity index (χ1n) is 9.06. The van der Waals surface area contributed by atoms with E-state index in [2.05, 4.69) is 43.9 Å². The van der Waals surface area contributed by atoms with Crippen molar-refractivity contribution in [2.45, 2.75) is 17.4 Å². The zero-order chi connectivity index (χ0) is 19.3. The average Bonchev–Trinajstić information content (AvgIpc) is 3.40. The van der Waals surface area contributed by atoms with E-state index in [1.807, 2.05) is 23.7 Å². The lowest BCUT2D eigenvalue weighted by molar-refractivity contribution is 0.538. The zero-order valence-corrected chi connectivity index (χ0v) is 17.2. The molecule has 0 bridgehead atoms. The predicted octanol–water partition coefficient (Wildman–Crippen LogP) is 3.07. The molecule has 6 nitrogen and oxygen atoms in total. The highest BCUT2D eigenvalue weighted by molar-refractivity contribution is 7.97. The summed E-state index contributed by atoms with van der Waals surface area (Å²) in [4.78, 5) is 16.8. The molecule has 3 N–H and O–H groups in total. The van der Waals surface area contributed by atoms with Crippen molar-refractivity contribution >= 4 is 35.3 Å². The number of thiazole rings is 1. The van der Waals surface area contributed by atoms with E-state index in [1.54, 1.807) is 36.5 Å². The summed E-state index contributed by atoms with van der Waals surface area (Å²) >= 11 is 3.28. The lowest BCUT2D eigenvalue weighted by Gasteiger charge is -2.27. The van der Waals surface area contributed by atoms with E-state index >= 15 is 0 Å². The van der Waals surface area contributed by atoms with Crippen LogP contribution >= 0.6 is 23.3 Å². The van der Waals surface area contributed by atoms with Crippen molar-refractivity contribution in [3.05, 3.63) is 70.0 Å². The van der Waals surface area contributed by atoms with Gasteiger partial charge in [0.25, 0.3) is 0 Å². The number of hydrogen-bond acceptors (Lipinski definition) is 8. The minimum atomic E-state index is 0.297. The molecule has 0 saturated carbocycles. The van der Waals surface area contributed by atoms with Crippen LogP contribution in [0.25, 0.3) is 0 Å². The molecule has 8 heteroatoms. The van der Waals surface area contributed by atoms with Crippen molar-refractivity contribution < 1.29 is 0 Å². The van der Waals surface area contributed by atoms with Gasteiger partial charge in [0.15, 0.2) is 10.8 Å². The van der Waals surface area contributed by atoms with Crippen LogP contribution in [0, 0.1) is 0 Å². The first kappa shape index (κ1) is 18.9. The lowest BCUT2D eigenvalue weighted by Crippen LogP contribution is -2.35. The maximum absolute atomic E-state index is 6.34. The number of benzene rings is 1. The third-order valence-electron chi connectivity index (χ3n) is 4.62. The van der Waals surface area contributed by atoms with Gasteiger partial charge in [0.1, 0.15) is 0 Å². The average molecular weight is 411 g/mol. The van der Waals surface area contributed by atoms with Crippen molar-refractivity contribution in [1.82, 2.24) is 14.6 Å². The smallest absolute Gasteiger partial charge is 0.165 e. The van der Waals surface area contributed by atoms with Crippen LogP contribution in [0.15, 0.2) is 79.8 Å². The number of hydrogen-bond donors (Lipinski definition) is 2. The summed E-state index contributed by atoms with van der Waals surface area (Å²) in [5.74, 6) is 0.944. The highest BCUT2D eigenvalue weighted by Gasteiger charge is 2.35. The SMILES string of the molecule is CN=CC=C(N)C1=C2CC(NSc3ccccc3)CN2C(c2nccs2)=NC1. The van der Waals surface area contributed by atoms with Crippen LogP contribution in [0.4, 0.5) is 0 Å². The Balaban J connectivity index is 1.58. The Morgan fingerprint density at radius 2 is 2.25 bits per heavy atom. The normalized spacial score (nSPS) is 20.0. The van der Waals surface area contributed by atoms with E-state index in [1.165, 1.54) is 10.6 Å². The molecule has 0 aliphatic carbocycles. The molecular formula is C20H22N6S2. The molecular weight excluding hydrogens is 388 g/mol. The van der Waals surface area contributed by atoms with Gasteiger partial charge in [0.2, 0.25) is 0 Å². The second-order valence-corrected chi connectivity index (χ2v) is 8.28. The molecule has 1 atom stereocenters. The van der Waals surface area contributed by atoms with Gasteiger partial charge < -0.3 is 10.6 Å². The summed E-state index contributed by atoms with van der Waals surface area (Å²) in [6, 6.07) is 10.6. The van der Waals surface area contributed by atoms with Crippen LogP contribution in [-0.2, 0) is 0 Å². The summed E-state index contributed by atoms with van der Waals surface area (Å²) in [5.41, 5.74) is 9.37. The standard InChI is InChI=1S/C20H22N6S2/c1-22-8-7-17(21)16-12-24-19(20-23-9-10-27-20)26-13-14(11-18(16)26)25-28-15-5-3-2-4-6-15/h2-10,14,25H,11-13,21H2,1H3. The number of allylic oxidation sites excluding steroid dienone is 1. The molecule has 1 aromatic heterocycles. The second-order valence-electron chi connectivity index (χ2n) is 6.48. The van der Waals surface area contributed by atoms with E-state index in [-0.39, 0.29) is 0 Å². The molecule has 144 valence electrons.